The molecule has 0 fully saturated rings. The molecule has 0 amide bonds. The molecule has 0 saturated heterocycles. The van der Waals surface area contributed by atoms with Crippen molar-refractivity contribution in [1.82, 2.24) is 0 Å². The first-order valence-electron chi connectivity index (χ1n) is 8.66. The fourth-order valence-corrected chi connectivity index (χ4v) is 3.92. The highest BCUT2D eigenvalue weighted by Gasteiger charge is 2.49. The second-order valence-electron chi connectivity index (χ2n) is 8.09. The molecule has 23 heavy (non-hydrogen) atoms. The highest BCUT2D eigenvalue weighted by atomic mass is 16.5. The van der Waals surface area contributed by atoms with Gasteiger partial charge in [-0.3, -0.25) is 0 Å². The largest absolute Gasteiger partial charge is 0.384 e. The number of hydrogen-bond acceptors (Lipinski definition) is 4. The normalized spacial score (nSPS) is 20.3. The zero-order valence-electron chi connectivity index (χ0n) is 17.1. The second-order valence-corrected chi connectivity index (χ2v) is 8.09. The SMILES string of the molecule is COCC(C)(CC(C)C)C(OC)C(OC)C(C)(COC)C(C)C. The number of ether oxygens (including phenoxy) is 4. The van der Waals surface area contributed by atoms with Gasteiger partial charge in [-0.1, -0.05) is 41.5 Å². The van der Waals surface area contributed by atoms with Gasteiger partial charge in [0.1, 0.15) is 0 Å². The summed E-state index contributed by atoms with van der Waals surface area (Å²) in [6.07, 6.45) is 0.865. The lowest BCUT2D eigenvalue weighted by Gasteiger charge is -2.49. The molecule has 140 valence electrons. The van der Waals surface area contributed by atoms with Crippen LogP contribution in [0.3, 0.4) is 0 Å². The molecule has 0 saturated carbocycles. The Kier molecular flexibility index (Phi) is 9.90. The van der Waals surface area contributed by atoms with Crippen LogP contribution in [0.25, 0.3) is 0 Å². The Morgan fingerprint density at radius 1 is 0.739 bits per heavy atom. The Hall–Kier alpha value is -0.160. The molecule has 0 N–H and O–H groups in total. The summed E-state index contributed by atoms with van der Waals surface area (Å²) in [6, 6.07) is 0. The van der Waals surface area contributed by atoms with Crippen molar-refractivity contribution in [1.29, 1.82) is 0 Å². The fourth-order valence-electron chi connectivity index (χ4n) is 3.92. The monoisotopic (exact) mass is 332 g/mol. The average Bonchev–Trinajstić information content (AvgIpc) is 2.43. The van der Waals surface area contributed by atoms with Crippen LogP contribution in [-0.4, -0.2) is 53.9 Å². The lowest BCUT2D eigenvalue weighted by atomic mass is 9.66. The van der Waals surface area contributed by atoms with Crippen molar-refractivity contribution in [3.8, 4) is 0 Å². The Morgan fingerprint density at radius 2 is 1.22 bits per heavy atom. The molecule has 0 aromatic heterocycles. The number of methoxy groups -OCH3 is 4. The van der Waals surface area contributed by atoms with Crippen molar-refractivity contribution in [3.63, 3.8) is 0 Å². The van der Waals surface area contributed by atoms with Crippen LogP contribution in [-0.2, 0) is 18.9 Å². The standard InChI is InChI=1S/C19H40O4/c1-14(2)11-18(5,12-20-7)16(22-9)17(23-10)19(6,13-21-8)15(3)4/h14-17H,11-13H2,1-10H3. The van der Waals surface area contributed by atoms with Crippen LogP contribution in [0.5, 0.6) is 0 Å². The van der Waals surface area contributed by atoms with Crippen molar-refractivity contribution in [2.24, 2.45) is 22.7 Å². The molecule has 4 heteroatoms. The van der Waals surface area contributed by atoms with Gasteiger partial charge in [-0.05, 0) is 18.3 Å². The first-order chi connectivity index (χ1) is 10.6. The summed E-state index contributed by atoms with van der Waals surface area (Å²) in [4.78, 5) is 0. The lowest BCUT2D eigenvalue weighted by molar-refractivity contribution is -0.180. The summed E-state index contributed by atoms with van der Waals surface area (Å²) in [5, 5.41) is 0. The summed E-state index contributed by atoms with van der Waals surface area (Å²) in [5.41, 5.74) is -0.265. The minimum absolute atomic E-state index is 0.0719. The molecular weight excluding hydrogens is 292 g/mol. The first kappa shape index (κ1) is 22.8. The van der Waals surface area contributed by atoms with E-state index in [9.17, 15) is 0 Å². The second kappa shape index (κ2) is 9.97. The van der Waals surface area contributed by atoms with Crippen molar-refractivity contribution < 1.29 is 18.9 Å². The number of rotatable bonds is 12. The quantitative estimate of drug-likeness (QED) is 0.541. The van der Waals surface area contributed by atoms with Gasteiger partial charge in [0.05, 0.1) is 25.4 Å². The highest BCUT2D eigenvalue weighted by Crippen LogP contribution is 2.43. The number of hydrogen-bond donors (Lipinski definition) is 0. The summed E-state index contributed by atoms with van der Waals surface area (Å²) in [6.45, 7) is 14.6. The lowest BCUT2D eigenvalue weighted by Crippen LogP contribution is -2.56. The third kappa shape index (κ3) is 5.70. The van der Waals surface area contributed by atoms with Crippen LogP contribution in [0.1, 0.15) is 48.0 Å². The van der Waals surface area contributed by atoms with Crippen molar-refractivity contribution in [2.45, 2.75) is 60.2 Å². The minimum Gasteiger partial charge on any atom is -0.384 e. The third-order valence-electron chi connectivity index (χ3n) is 5.24. The molecule has 0 bridgehead atoms. The molecule has 0 heterocycles. The van der Waals surface area contributed by atoms with E-state index in [0.717, 1.165) is 6.42 Å². The molecular formula is C19H40O4. The van der Waals surface area contributed by atoms with Gasteiger partial charge in [0, 0.05) is 39.3 Å². The van der Waals surface area contributed by atoms with Gasteiger partial charge in [0.15, 0.2) is 0 Å². The van der Waals surface area contributed by atoms with Crippen LogP contribution < -0.4 is 0 Å². The van der Waals surface area contributed by atoms with E-state index in [-0.39, 0.29) is 23.0 Å². The molecule has 0 aromatic rings. The van der Waals surface area contributed by atoms with Gasteiger partial charge in [-0.2, -0.15) is 0 Å². The van der Waals surface area contributed by atoms with Crippen molar-refractivity contribution in [2.75, 3.05) is 41.7 Å². The Balaban J connectivity index is 5.79. The molecule has 0 aromatic carbocycles. The molecule has 4 unspecified atom stereocenters. The molecule has 0 radical (unpaired) electrons. The highest BCUT2D eigenvalue weighted by molar-refractivity contribution is 4.98. The van der Waals surface area contributed by atoms with Crippen molar-refractivity contribution >= 4 is 0 Å². The Bertz CT molecular complexity index is 318. The summed E-state index contributed by atoms with van der Waals surface area (Å²) in [5.74, 6) is 0.953. The average molecular weight is 333 g/mol. The van der Waals surface area contributed by atoms with E-state index in [1.807, 2.05) is 0 Å². The molecule has 0 aliphatic rings. The third-order valence-corrected chi connectivity index (χ3v) is 5.24. The van der Waals surface area contributed by atoms with Gasteiger partial charge in [-0.25, -0.2) is 0 Å². The summed E-state index contributed by atoms with van der Waals surface area (Å²) >= 11 is 0. The van der Waals surface area contributed by atoms with E-state index in [0.29, 0.717) is 25.0 Å². The van der Waals surface area contributed by atoms with E-state index >= 15 is 0 Å². The van der Waals surface area contributed by atoms with Gasteiger partial charge in [-0.15, -0.1) is 0 Å². The van der Waals surface area contributed by atoms with Crippen LogP contribution in [0.2, 0.25) is 0 Å². The summed E-state index contributed by atoms with van der Waals surface area (Å²) < 4.78 is 23.1. The van der Waals surface area contributed by atoms with Gasteiger partial charge in [0.2, 0.25) is 0 Å². The van der Waals surface area contributed by atoms with Gasteiger partial charge < -0.3 is 18.9 Å². The predicted octanol–water partition coefficient (Wildman–Crippen LogP) is 4.02. The first-order valence-corrected chi connectivity index (χ1v) is 8.66. The predicted molar refractivity (Wildman–Crippen MR) is 95.9 cm³/mol. The van der Waals surface area contributed by atoms with Crippen LogP contribution in [0.15, 0.2) is 0 Å². The zero-order chi connectivity index (χ0) is 18.3. The van der Waals surface area contributed by atoms with Crippen LogP contribution in [0, 0.1) is 22.7 Å². The van der Waals surface area contributed by atoms with Crippen LogP contribution >= 0.6 is 0 Å². The topological polar surface area (TPSA) is 36.9 Å². The smallest absolute Gasteiger partial charge is 0.0916 e. The molecule has 4 nitrogen and oxygen atoms in total. The maximum atomic E-state index is 6.00. The molecule has 0 spiro atoms. The van der Waals surface area contributed by atoms with E-state index in [1.165, 1.54) is 0 Å². The van der Waals surface area contributed by atoms with E-state index < -0.39 is 0 Å². The maximum absolute atomic E-state index is 6.00. The van der Waals surface area contributed by atoms with Crippen molar-refractivity contribution in [3.05, 3.63) is 0 Å². The van der Waals surface area contributed by atoms with Gasteiger partial charge in [0.25, 0.3) is 0 Å². The molecule has 0 aliphatic carbocycles. The zero-order valence-corrected chi connectivity index (χ0v) is 17.1. The molecule has 4 atom stereocenters. The van der Waals surface area contributed by atoms with Gasteiger partial charge >= 0.3 is 0 Å². The Morgan fingerprint density at radius 3 is 1.52 bits per heavy atom. The van der Waals surface area contributed by atoms with E-state index in [1.54, 1.807) is 28.4 Å². The molecule has 0 rings (SSSR count). The molecule has 0 aliphatic heterocycles. The van der Waals surface area contributed by atoms with E-state index in [4.69, 9.17) is 18.9 Å². The fraction of sp³-hybridized carbons (Fsp3) is 1.00. The summed E-state index contributed by atoms with van der Waals surface area (Å²) in [7, 11) is 7.05. The van der Waals surface area contributed by atoms with Crippen LogP contribution in [0.4, 0.5) is 0 Å². The van der Waals surface area contributed by atoms with E-state index in [2.05, 4.69) is 41.5 Å². The Labute approximate surface area is 144 Å². The minimum atomic E-state index is -0.143. The maximum Gasteiger partial charge on any atom is 0.0916 e.